The number of nitrogens with zero attached hydrogens (tertiary/aromatic N) is 1. The van der Waals surface area contributed by atoms with Gasteiger partial charge < -0.3 is 10.6 Å². The third-order valence-electron chi connectivity index (χ3n) is 2.43. The van der Waals surface area contributed by atoms with Crippen molar-refractivity contribution >= 4 is 46.0 Å². The minimum atomic E-state index is -0.468. The molecule has 0 spiro atoms. The van der Waals surface area contributed by atoms with Crippen LogP contribution in [0.4, 0.5) is 17.1 Å². The Bertz CT molecular complexity index is 664. The van der Waals surface area contributed by atoms with E-state index in [1.54, 1.807) is 42.5 Å². The molecule has 0 radical (unpaired) electrons. The van der Waals surface area contributed by atoms with E-state index in [-0.39, 0.29) is 10.8 Å². The SMILES string of the molecule is O=[N+]([O-])c1ccccc1NC(=S)Nc1cccc(Cl)c1. The van der Waals surface area contributed by atoms with Crippen LogP contribution in [0.3, 0.4) is 0 Å². The van der Waals surface area contributed by atoms with Crippen molar-refractivity contribution in [1.29, 1.82) is 0 Å². The predicted molar refractivity (Wildman–Crippen MR) is 84.4 cm³/mol. The van der Waals surface area contributed by atoms with Crippen molar-refractivity contribution in [2.45, 2.75) is 0 Å². The smallest absolute Gasteiger partial charge is 0.292 e. The number of hydrogen-bond acceptors (Lipinski definition) is 3. The summed E-state index contributed by atoms with van der Waals surface area (Å²) in [4.78, 5) is 10.4. The lowest BCUT2D eigenvalue weighted by Crippen LogP contribution is -2.19. The Balaban J connectivity index is 2.11. The second-order valence-electron chi connectivity index (χ2n) is 3.86. The van der Waals surface area contributed by atoms with Crippen LogP contribution >= 0.6 is 23.8 Å². The van der Waals surface area contributed by atoms with Crippen LogP contribution in [0.5, 0.6) is 0 Å². The summed E-state index contributed by atoms with van der Waals surface area (Å²) in [6.45, 7) is 0. The van der Waals surface area contributed by atoms with E-state index in [0.717, 1.165) is 0 Å². The summed E-state index contributed by atoms with van der Waals surface area (Å²) < 4.78 is 0. The van der Waals surface area contributed by atoms with Gasteiger partial charge in [-0.1, -0.05) is 29.8 Å². The number of rotatable bonds is 3. The number of nitro benzene ring substituents is 1. The van der Waals surface area contributed by atoms with Gasteiger partial charge in [-0.2, -0.15) is 0 Å². The summed E-state index contributed by atoms with van der Waals surface area (Å²) in [5, 5.41) is 17.4. The van der Waals surface area contributed by atoms with Crippen molar-refractivity contribution in [3.63, 3.8) is 0 Å². The van der Waals surface area contributed by atoms with Gasteiger partial charge in [0.15, 0.2) is 5.11 Å². The van der Waals surface area contributed by atoms with Gasteiger partial charge in [-0.3, -0.25) is 10.1 Å². The monoisotopic (exact) mass is 307 g/mol. The molecule has 0 unspecified atom stereocenters. The van der Waals surface area contributed by atoms with E-state index in [9.17, 15) is 10.1 Å². The average molecular weight is 308 g/mol. The Hall–Kier alpha value is -2.18. The molecular weight excluding hydrogens is 298 g/mol. The minimum Gasteiger partial charge on any atom is -0.332 e. The molecule has 0 amide bonds. The van der Waals surface area contributed by atoms with E-state index in [1.807, 2.05) is 0 Å². The largest absolute Gasteiger partial charge is 0.332 e. The molecule has 0 saturated carbocycles. The van der Waals surface area contributed by atoms with Crippen molar-refractivity contribution in [3.8, 4) is 0 Å². The molecule has 2 aromatic rings. The zero-order valence-corrected chi connectivity index (χ0v) is 11.7. The summed E-state index contributed by atoms with van der Waals surface area (Å²) in [7, 11) is 0. The Morgan fingerprint density at radius 2 is 1.90 bits per heavy atom. The van der Waals surface area contributed by atoms with Gasteiger partial charge in [-0.25, -0.2) is 0 Å². The van der Waals surface area contributed by atoms with Gasteiger partial charge in [0.1, 0.15) is 5.69 Å². The van der Waals surface area contributed by atoms with Gasteiger partial charge in [0.05, 0.1) is 4.92 Å². The zero-order chi connectivity index (χ0) is 14.5. The van der Waals surface area contributed by atoms with Crippen LogP contribution in [0.2, 0.25) is 5.02 Å². The molecule has 0 heterocycles. The highest BCUT2D eigenvalue weighted by molar-refractivity contribution is 7.80. The fraction of sp³-hybridized carbons (Fsp3) is 0. The van der Waals surface area contributed by atoms with Crippen LogP contribution in [-0.2, 0) is 0 Å². The van der Waals surface area contributed by atoms with Crippen molar-refractivity contribution < 1.29 is 4.92 Å². The number of para-hydroxylation sites is 2. The van der Waals surface area contributed by atoms with Gasteiger partial charge in [0.2, 0.25) is 0 Å². The Labute approximate surface area is 125 Å². The molecule has 0 aliphatic carbocycles. The lowest BCUT2D eigenvalue weighted by Gasteiger charge is -2.10. The van der Waals surface area contributed by atoms with Gasteiger partial charge >= 0.3 is 0 Å². The molecule has 0 aliphatic heterocycles. The quantitative estimate of drug-likeness (QED) is 0.508. The van der Waals surface area contributed by atoms with Gasteiger partial charge in [0, 0.05) is 16.8 Å². The molecule has 0 saturated heterocycles. The highest BCUT2D eigenvalue weighted by Crippen LogP contribution is 2.23. The van der Waals surface area contributed by atoms with Crippen LogP contribution in [0.1, 0.15) is 0 Å². The van der Waals surface area contributed by atoms with Crippen LogP contribution in [-0.4, -0.2) is 10.0 Å². The molecule has 5 nitrogen and oxygen atoms in total. The molecule has 2 N–H and O–H groups in total. The average Bonchev–Trinajstić information content (AvgIpc) is 2.38. The molecule has 0 aromatic heterocycles. The first kappa shape index (κ1) is 14.2. The second-order valence-corrected chi connectivity index (χ2v) is 4.71. The minimum absolute atomic E-state index is 0.0391. The summed E-state index contributed by atoms with van der Waals surface area (Å²) in [5.74, 6) is 0. The van der Waals surface area contributed by atoms with Gasteiger partial charge in [0.25, 0.3) is 5.69 Å². The van der Waals surface area contributed by atoms with Crippen LogP contribution in [0.15, 0.2) is 48.5 Å². The molecule has 0 aliphatic rings. The molecule has 0 atom stereocenters. The fourth-order valence-electron chi connectivity index (χ4n) is 1.59. The van der Waals surface area contributed by atoms with Crippen LogP contribution in [0, 0.1) is 10.1 Å². The zero-order valence-electron chi connectivity index (χ0n) is 10.2. The number of thiocarbonyl (C=S) groups is 1. The van der Waals surface area contributed by atoms with Crippen molar-refractivity contribution in [1.82, 2.24) is 0 Å². The predicted octanol–water partition coefficient (Wildman–Crippen LogP) is 4.06. The molecule has 0 bridgehead atoms. The van der Waals surface area contributed by atoms with Gasteiger partial charge in [-0.05, 0) is 36.5 Å². The van der Waals surface area contributed by atoms with Crippen LogP contribution < -0.4 is 10.6 Å². The molecule has 102 valence electrons. The van der Waals surface area contributed by atoms with Crippen molar-refractivity contribution in [2.75, 3.05) is 10.6 Å². The number of benzene rings is 2. The highest BCUT2D eigenvalue weighted by atomic mass is 35.5. The molecule has 7 heteroatoms. The maximum absolute atomic E-state index is 10.9. The molecular formula is C13H10ClN3O2S. The highest BCUT2D eigenvalue weighted by Gasteiger charge is 2.13. The summed E-state index contributed by atoms with van der Waals surface area (Å²) in [6, 6.07) is 13.3. The van der Waals surface area contributed by atoms with E-state index in [4.69, 9.17) is 23.8 Å². The van der Waals surface area contributed by atoms with E-state index in [2.05, 4.69) is 10.6 Å². The second kappa shape index (κ2) is 6.31. The number of anilines is 2. The summed E-state index contributed by atoms with van der Waals surface area (Å²) in [5.41, 5.74) is 0.994. The number of nitro groups is 1. The van der Waals surface area contributed by atoms with Gasteiger partial charge in [-0.15, -0.1) is 0 Å². The first-order valence-electron chi connectivity index (χ1n) is 5.63. The van der Waals surface area contributed by atoms with E-state index in [0.29, 0.717) is 16.4 Å². The number of nitrogens with one attached hydrogen (secondary N) is 2. The number of halogens is 1. The third-order valence-corrected chi connectivity index (χ3v) is 2.87. The molecule has 2 rings (SSSR count). The van der Waals surface area contributed by atoms with Crippen molar-refractivity contribution in [3.05, 3.63) is 63.7 Å². The third kappa shape index (κ3) is 3.66. The lowest BCUT2D eigenvalue weighted by atomic mass is 10.3. The number of hydrogen-bond donors (Lipinski definition) is 2. The van der Waals surface area contributed by atoms with Crippen molar-refractivity contribution in [2.24, 2.45) is 0 Å². The first-order chi connectivity index (χ1) is 9.56. The Kier molecular flexibility index (Phi) is 4.49. The van der Waals surface area contributed by atoms with E-state index < -0.39 is 4.92 Å². The fourth-order valence-corrected chi connectivity index (χ4v) is 2.01. The normalized spacial score (nSPS) is 9.85. The summed E-state index contributed by atoms with van der Waals surface area (Å²) >= 11 is 11.0. The Morgan fingerprint density at radius 3 is 2.60 bits per heavy atom. The summed E-state index contributed by atoms with van der Waals surface area (Å²) in [6.07, 6.45) is 0. The molecule has 20 heavy (non-hydrogen) atoms. The van der Waals surface area contributed by atoms with E-state index >= 15 is 0 Å². The first-order valence-corrected chi connectivity index (χ1v) is 6.42. The van der Waals surface area contributed by atoms with E-state index in [1.165, 1.54) is 6.07 Å². The van der Waals surface area contributed by atoms with Crippen LogP contribution in [0.25, 0.3) is 0 Å². The molecule has 0 fully saturated rings. The topological polar surface area (TPSA) is 67.2 Å². The standard InChI is InChI=1S/C13H10ClN3O2S/c14-9-4-3-5-10(8-9)15-13(20)16-11-6-1-2-7-12(11)17(18)19/h1-8H,(H2,15,16,20). The lowest BCUT2D eigenvalue weighted by molar-refractivity contribution is -0.383. The maximum Gasteiger partial charge on any atom is 0.292 e. The molecule has 2 aromatic carbocycles. The Morgan fingerprint density at radius 1 is 1.15 bits per heavy atom. The maximum atomic E-state index is 10.9.